The molecule has 0 N–H and O–H groups in total. The Morgan fingerprint density at radius 2 is 0.793 bits per heavy atom. The van der Waals surface area contributed by atoms with Gasteiger partial charge in [-0.3, -0.25) is 0 Å². The van der Waals surface area contributed by atoms with Crippen molar-refractivity contribution in [3.63, 3.8) is 0 Å². The van der Waals surface area contributed by atoms with Gasteiger partial charge in [0.25, 0.3) is 0 Å². The molecule has 0 spiro atoms. The summed E-state index contributed by atoms with van der Waals surface area (Å²) in [7, 11) is 12.9. The van der Waals surface area contributed by atoms with Crippen LogP contribution in [0.2, 0.25) is 0 Å². The van der Waals surface area contributed by atoms with E-state index in [4.69, 9.17) is 22.5 Å². The number of rotatable bonds is 5. The molecule has 0 saturated carbocycles. The van der Waals surface area contributed by atoms with Crippen LogP contribution in [0.3, 0.4) is 0 Å². The van der Waals surface area contributed by atoms with E-state index in [2.05, 4.69) is 90.8 Å². The average Bonchev–Trinajstić information content (AvgIpc) is 2.68. The molecule has 154 valence electrons. The van der Waals surface area contributed by atoms with Gasteiger partial charge in [0.1, 0.15) is 0 Å². The molecule has 0 fully saturated rings. The third-order valence-corrected chi connectivity index (χ3v) is 12.5. The van der Waals surface area contributed by atoms with Crippen molar-refractivity contribution < 1.29 is 0 Å². The summed E-state index contributed by atoms with van der Waals surface area (Å²) in [6.07, 6.45) is 0. The second kappa shape index (κ2) is 7.38. The number of hydrogen-bond donors (Lipinski definition) is 0. The standard InChI is InChI=1S/C24H31Cl2N2P/c1-27(2,3)20-12-16-23(17-13-20)29(25,26,22-10-8-7-9-11-22)24-18-14-21(15-19-24)28(4,5)6/h7-19H,1-6H3/q+2. The van der Waals surface area contributed by atoms with Gasteiger partial charge >= 0.3 is 185 Å². The summed E-state index contributed by atoms with van der Waals surface area (Å²) < 4.78 is 1.48. The van der Waals surface area contributed by atoms with E-state index in [0.29, 0.717) is 0 Å². The first-order valence-corrected chi connectivity index (χ1v) is 13.7. The van der Waals surface area contributed by atoms with Crippen molar-refractivity contribution in [1.29, 1.82) is 0 Å². The number of halogens is 2. The molecule has 0 aromatic heterocycles. The molecule has 0 amide bonds. The van der Waals surface area contributed by atoms with Gasteiger partial charge in [0.05, 0.1) is 0 Å². The normalized spacial score (nSPS) is 14.3. The molecular formula is C24H31Cl2N2P+2. The zero-order valence-corrected chi connectivity index (χ0v) is 20.5. The minimum absolute atomic E-state index is 0.740. The molecule has 5 heteroatoms. The Kier molecular flexibility index (Phi) is 5.67. The van der Waals surface area contributed by atoms with Crippen molar-refractivity contribution in [2.75, 3.05) is 42.3 Å². The first-order valence-electron chi connectivity index (χ1n) is 9.69. The van der Waals surface area contributed by atoms with E-state index in [0.717, 1.165) is 24.9 Å². The summed E-state index contributed by atoms with van der Waals surface area (Å²) in [6, 6.07) is 27.0. The van der Waals surface area contributed by atoms with E-state index < -0.39 is 5.31 Å². The Bertz CT molecular complexity index is 923. The average molecular weight is 449 g/mol. The summed E-state index contributed by atoms with van der Waals surface area (Å²) in [5.74, 6) is 0. The third kappa shape index (κ3) is 4.10. The quantitative estimate of drug-likeness (QED) is 0.370. The number of benzene rings is 3. The molecule has 2 nitrogen and oxygen atoms in total. The van der Waals surface area contributed by atoms with Crippen LogP contribution in [0.5, 0.6) is 0 Å². The van der Waals surface area contributed by atoms with E-state index in [-0.39, 0.29) is 0 Å². The van der Waals surface area contributed by atoms with Crippen LogP contribution in [-0.4, -0.2) is 42.3 Å². The summed E-state index contributed by atoms with van der Waals surface area (Å²) >= 11 is 15.2. The maximum absolute atomic E-state index is 7.59. The Morgan fingerprint density at radius 3 is 1.10 bits per heavy atom. The number of nitrogens with zero attached hydrogens (tertiary/aromatic N) is 2. The Balaban J connectivity index is 2.24. The molecule has 0 radical (unpaired) electrons. The zero-order valence-electron chi connectivity index (χ0n) is 18.1. The van der Waals surface area contributed by atoms with Crippen LogP contribution >= 0.6 is 27.8 Å². The fourth-order valence-electron chi connectivity index (χ4n) is 3.46. The van der Waals surface area contributed by atoms with Gasteiger partial charge in [-0.25, -0.2) is 0 Å². The zero-order chi connectivity index (χ0) is 21.5. The third-order valence-electron chi connectivity index (χ3n) is 5.36. The molecule has 3 rings (SSSR count). The summed E-state index contributed by atoms with van der Waals surface area (Å²) in [6.45, 7) is 0. The molecule has 3 aromatic carbocycles. The van der Waals surface area contributed by atoms with E-state index in [1.54, 1.807) is 0 Å². The van der Waals surface area contributed by atoms with Crippen LogP contribution < -0.4 is 24.9 Å². The predicted molar refractivity (Wildman–Crippen MR) is 136 cm³/mol. The molecular weight excluding hydrogens is 418 g/mol. The maximum atomic E-state index is 7.59. The fraction of sp³-hybridized carbons (Fsp3) is 0.250. The first kappa shape index (κ1) is 22.3. The monoisotopic (exact) mass is 448 g/mol. The first-order chi connectivity index (χ1) is 13.3. The van der Waals surface area contributed by atoms with Crippen molar-refractivity contribution in [3.05, 3.63) is 78.9 Å². The molecule has 0 aliphatic heterocycles. The van der Waals surface area contributed by atoms with Crippen molar-refractivity contribution >= 4 is 55.1 Å². The molecule has 29 heavy (non-hydrogen) atoms. The Hall–Kier alpha value is -1.41. The van der Waals surface area contributed by atoms with Crippen molar-refractivity contribution in [3.8, 4) is 0 Å². The van der Waals surface area contributed by atoms with Gasteiger partial charge in [-0.05, 0) is 0 Å². The molecule has 0 bridgehead atoms. The molecule has 3 aromatic rings. The van der Waals surface area contributed by atoms with Gasteiger partial charge in [0.2, 0.25) is 0 Å². The van der Waals surface area contributed by atoms with Gasteiger partial charge in [-0.1, -0.05) is 0 Å². The number of quaternary nitrogens is 2. The molecule has 0 saturated heterocycles. The van der Waals surface area contributed by atoms with E-state index >= 15 is 0 Å². The second-order valence-electron chi connectivity index (χ2n) is 9.30. The van der Waals surface area contributed by atoms with E-state index in [1.165, 1.54) is 11.4 Å². The Labute approximate surface area is 185 Å². The predicted octanol–water partition coefficient (Wildman–Crippen LogP) is 5.22. The molecule has 0 aliphatic carbocycles. The van der Waals surface area contributed by atoms with Crippen molar-refractivity contribution in [2.45, 2.75) is 0 Å². The SMILES string of the molecule is C[N+](C)(C)c1ccc(P(Cl)(Cl)(c2ccccc2)c2ccc([N+](C)(C)C)cc2)cc1. The minimum atomic E-state index is -3.62. The van der Waals surface area contributed by atoms with Crippen LogP contribution in [0.4, 0.5) is 11.4 Å². The Morgan fingerprint density at radius 1 is 0.483 bits per heavy atom. The van der Waals surface area contributed by atoms with Crippen molar-refractivity contribution in [1.82, 2.24) is 8.97 Å². The second-order valence-corrected chi connectivity index (χ2v) is 17.2. The topological polar surface area (TPSA) is 0 Å². The summed E-state index contributed by atoms with van der Waals surface area (Å²) in [5, 5.41) is -0.743. The molecule has 0 heterocycles. The summed E-state index contributed by atoms with van der Waals surface area (Å²) in [4.78, 5) is 0. The van der Waals surface area contributed by atoms with Gasteiger partial charge < -0.3 is 0 Å². The summed E-state index contributed by atoms with van der Waals surface area (Å²) in [5.41, 5.74) is 2.41. The van der Waals surface area contributed by atoms with Gasteiger partial charge in [-0.15, -0.1) is 0 Å². The molecule has 0 atom stereocenters. The van der Waals surface area contributed by atoms with Crippen LogP contribution in [-0.2, 0) is 0 Å². The van der Waals surface area contributed by atoms with Gasteiger partial charge in [-0.2, -0.15) is 0 Å². The van der Waals surface area contributed by atoms with Crippen LogP contribution in [0.15, 0.2) is 78.9 Å². The van der Waals surface area contributed by atoms with Gasteiger partial charge in [0, 0.05) is 0 Å². The van der Waals surface area contributed by atoms with E-state index in [9.17, 15) is 0 Å². The van der Waals surface area contributed by atoms with Crippen LogP contribution in [0.25, 0.3) is 0 Å². The van der Waals surface area contributed by atoms with Gasteiger partial charge in [0.15, 0.2) is 0 Å². The van der Waals surface area contributed by atoms with Crippen LogP contribution in [0, 0.1) is 0 Å². The van der Waals surface area contributed by atoms with Crippen molar-refractivity contribution in [2.24, 2.45) is 0 Å². The number of hydrogen-bond acceptors (Lipinski definition) is 0. The van der Waals surface area contributed by atoms with Crippen LogP contribution in [0.1, 0.15) is 0 Å². The molecule has 0 aliphatic rings. The fourth-order valence-corrected chi connectivity index (χ4v) is 8.42. The molecule has 0 unspecified atom stereocenters. The van der Waals surface area contributed by atoms with E-state index in [1.807, 2.05) is 30.3 Å².